The molecule has 1 heterocycles. The summed E-state index contributed by atoms with van der Waals surface area (Å²) in [5.41, 5.74) is 3.50. The van der Waals surface area contributed by atoms with Gasteiger partial charge in [-0.15, -0.1) is 11.3 Å². The lowest BCUT2D eigenvalue weighted by molar-refractivity contribution is 0.341. The molecule has 0 aliphatic rings. The lowest BCUT2D eigenvalue weighted by Gasteiger charge is -2.02. The number of hydrogen-bond donors (Lipinski definition) is 1. The van der Waals surface area contributed by atoms with E-state index < -0.39 is 7.12 Å². The van der Waals surface area contributed by atoms with Crippen LogP contribution in [0.1, 0.15) is 0 Å². The van der Waals surface area contributed by atoms with Crippen LogP contribution in [0, 0.1) is 0 Å². The minimum Gasteiger partial charge on any atom is -0.423 e. The molecule has 2 rings (SSSR count). The Hall–Kier alpha value is -0.905. The van der Waals surface area contributed by atoms with Gasteiger partial charge in [-0.2, -0.15) is 0 Å². The van der Waals surface area contributed by atoms with Crippen molar-refractivity contribution in [2.45, 2.75) is 0 Å². The van der Waals surface area contributed by atoms with Crippen LogP contribution in [0.4, 0.5) is 0 Å². The first-order valence-corrected chi connectivity index (χ1v) is 4.73. The summed E-state index contributed by atoms with van der Waals surface area (Å²) < 4.78 is 5.86. The maximum atomic E-state index is 9.39. The van der Waals surface area contributed by atoms with E-state index in [-0.39, 0.29) is 0 Å². The molecule has 13 heavy (non-hydrogen) atoms. The van der Waals surface area contributed by atoms with E-state index >= 15 is 0 Å². The van der Waals surface area contributed by atoms with Crippen molar-refractivity contribution in [1.29, 1.82) is 0 Å². The van der Waals surface area contributed by atoms with E-state index in [1.165, 1.54) is 7.11 Å². The van der Waals surface area contributed by atoms with Gasteiger partial charge in [0, 0.05) is 7.11 Å². The molecule has 0 atom stereocenters. The third-order valence-electron chi connectivity index (χ3n) is 1.86. The highest BCUT2D eigenvalue weighted by Crippen LogP contribution is 2.15. The van der Waals surface area contributed by atoms with E-state index in [9.17, 15) is 5.02 Å². The zero-order valence-corrected chi connectivity index (χ0v) is 7.91. The van der Waals surface area contributed by atoms with Crippen LogP contribution in [0.5, 0.6) is 0 Å². The number of rotatable bonds is 2. The molecular weight excluding hydrogens is 185 g/mol. The van der Waals surface area contributed by atoms with Crippen molar-refractivity contribution < 1.29 is 9.68 Å². The van der Waals surface area contributed by atoms with Gasteiger partial charge in [-0.1, -0.05) is 6.07 Å². The number of fused-ring (bicyclic) bond motifs is 1. The average molecular weight is 193 g/mol. The van der Waals surface area contributed by atoms with Gasteiger partial charge in [0.25, 0.3) is 0 Å². The van der Waals surface area contributed by atoms with E-state index in [0.717, 1.165) is 15.7 Å². The molecule has 0 bridgehead atoms. The molecule has 0 radical (unpaired) electrons. The fraction of sp³-hybridized carbons (Fsp3) is 0.125. The second-order valence-corrected chi connectivity index (χ2v) is 3.55. The summed E-state index contributed by atoms with van der Waals surface area (Å²) >= 11 is 1.55. The van der Waals surface area contributed by atoms with Gasteiger partial charge in [-0.3, -0.25) is 0 Å². The Balaban J connectivity index is 2.48. The number of thiazole rings is 1. The van der Waals surface area contributed by atoms with Gasteiger partial charge < -0.3 is 9.68 Å². The number of nitrogens with zero attached hydrogens (tertiary/aromatic N) is 1. The summed E-state index contributed by atoms with van der Waals surface area (Å²) in [4.78, 5) is 4.14. The molecule has 3 nitrogen and oxygen atoms in total. The Bertz CT molecular complexity index is 417. The molecule has 0 unspecified atom stereocenters. The third-order valence-corrected chi connectivity index (χ3v) is 2.66. The number of aromatic nitrogens is 1. The summed E-state index contributed by atoms with van der Waals surface area (Å²) in [6.07, 6.45) is 0. The molecule has 0 saturated carbocycles. The Morgan fingerprint density at radius 1 is 1.54 bits per heavy atom. The standard InChI is InChI=1S/C8H8BNO2S/c1-12-9(11)6-2-3-7-8(4-6)13-5-10-7/h2-5,11H,1H3. The zero-order chi connectivity index (χ0) is 9.26. The van der Waals surface area contributed by atoms with E-state index in [0.29, 0.717) is 0 Å². The second kappa shape index (κ2) is 3.45. The van der Waals surface area contributed by atoms with Crippen molar-refractivity contribution in [2.24, 2.45) is 0 Å². The van der Waals surface area contributed by atoms with Crippen molar-refractivity contribution in [3.8, 4) is 0 Å². The Kier molecular flexibility index (Phi) is 2.31. The van der Waals surface area contributed by atoms with Gasteiger partial charge in [0.1, 0.15) is 0 Å². The van der Waals surface area contributed by atoms with Gasteiger partial charge in [-0.25, -0.2) is 4.98 Å². The number of benzene rings is 1. The van der Waals surface area contributed by atoms with E-state index in [4.69, 9.17) is 4.65 Å². The molecule has 1 N–H and O–H groups in total. The molecule has 0 aliphatic carbocycles. The van der Waals surface area contributed by atoms with Gasteiger partial charge in [0.15, 0.2) is 0 Å². The van der Waals surface area contributed by atoms with E-state index in [1.807, 2.05) is 18.2 Å². The van der Waals surface area contributed by atoms with Crippen LogP contribution in [0.2, 0.25) is 0 Å². The minimum absolute atomic E-state index is 0.763. The van der Waals surface area contributed by atoms with Crippen LogP contribution >= 0.6 is 11.3 Å². The molecule has 0 amide bonds. The first-order valence-electron chi connectivity index (χ1n) is 3.85. The fourth-order valence-corrected chi connectivity index (χ4v) is 1.89. The number of hydrogen-bond acceptors (Lipinski definition) is 4. The molecule has 2 aromatic rings. The average Bonchev–Trinajstić information content (AvgIpc) is 2.63. The van der Waals surface area contributed by atoms with Gasteiger partial charge >= 0.3 is 7.12 Å². The van der Waals surface area contributed by atoms with Crippen LogP contribution in [-0.2, 0) is 4.65 Å². The summed E-state index contributed by atoms with van der Waals surface area (Å²) in [6, 6.07) is 5.58. The van der Waals surface area contributed by atoms with Crippen molar-refractivity contribution >= 4 is 34.1 Å². The van der Waals surface area contributed by atoms with Crippen molar-refractivity contribution in [1.82, 2.24) is 4.98 Å². The summed E-state index contributed by atoms with van der Waals surface area (Å²) in [5, 5.41) is 9.39. The predicted octanol–water partition coefficient (Wildman–Crippen LogP) is 0.630. The van der Waals surface area contributed by atoms with Crippen molar-refractivity contribution in [3.05, 3.63) is 23.7 Å². The van der Waals surface area contributed by atoms with Crippen molar-refractivity contribution in [3.63, 3.8) is 0 Å². The molecule has 0 saturated heterocycles. The highest BCUT2D eigenvalue weighted by atomic mass is 32.1. The SMILES string of the molecule is COB(O)c1ccc2ncsc2c1. The first-order chi connectivity index (χ1) is 6.31. The molecule has 5 heteroatoms. The summed E-state index contributed by atoms with van der Waals surface area (Å²) in [5.74, 6) is 0. The zero-order valence-electron chi connectivity index (χ0n) is 7.10. The quantitative estimate of drug-likeness (QED) is 0.711. The third kappa shape index (κ3) is 1.58. The molecule has 0 aliphatic heterocycles. The Morgan fingerprint density at radius 3 is 3.15 bits per heavy atom. The fourth-order valence-electron chi connectivity index (χ4n) is 1.16. The van der Waals surface area contributed by atoms with E-state index in [1.54, 1.807) is 16.8 Å². The molecular formula is C8H8BNO2S. The Morgan fingerprint density at radius 2 is 2.38 bits per heavy atom. The van der Waals surface area contributed by atoms with Crippen LogP contribution in [0.15, 0.2) is 23.7 Å². The predicted molar refractivity (Wildman–Crippen MR) is 54.2 cm³/mol. The van der Waals surface area contributed by atoms with Crippen LogP contribution in [-0.4, -0.2) is 24.2 Å². The van der Waals surface area contributed by atoms with Crippen LogP contribution in [0.3, 0.4) is 0 Å². The molecule has 1 aromatic carbocycles. The maximum Gasteiger partial charge on any atom is 0.490 e. The molecule has 1 aromatic heterocycles. The highest BCUT2D eigenvalue weighted by molar-refractivity contribution is 7.16. The first kappa shape index (κ1) is 8.68. The highest BCUT2D eigenvalue weighted by Gasteiger charge is 2.14. The smallest absolute Gasteiger partial charge is 0.423 e. The second-order valence-electron chi connectivity index (χ2n) is 2.67. The van der Waals surface area contributed by atoms with Gasteiger partial charge in [-0.05, 0) is 17.6 Å². The van der Waals surface area contributed by atoms with E-state index in [2.05, 4.69) is 4.98 Å². The lowest BCUT2D eigenvalue weighted by atomic mass is 9.80. The summed E-state index contributed by atoms with van der Waals surface area (Å²) in [6.45, 7) is 0. The van der Waals surface area contributed by atoms with Gasteiger partial charge in [0.2, 0.25) is 0 Å². The largest absolute Gasteiger partial charge is 0.490 e. The van der Waals surface area contributed by atoms with Crippen LogP contribution in [0.25, 0.3) is 10.2 Å². The van der Waals surface area contributed by atoms with Crippen LogP contribution < -0.4 is 5.46 Å². The maximum absolute atomic E-state index is 9.39. The van der Waals surface area contributed by atoms with Gasteiger partial charge in [0.05, 0.1) is 15.7 Å². The lowest BCUT2D eigenvalue weighted by Crippen LogP contribution is -2.31. The monoisotopic (exact) mass is 193 g/mol. The van der Waals surface area contributed by atoms with Crippen molar-refractivity contribution in [2.75, 3.05) is 7.11 Å². The summed E-state index contributed by atoms with van der Waals surface area (Å²) in [7, 11) is 0.633. The molecule has 0 spiro atoms. The minimum atomic E-state index is -0.841. The molecule has 0 fully saturated rings. The topological polar surface area (TPSA) is 42.4 Å². The normalized spacial score (nSPS) is 10.6. The Labute approximate surface area is 80.1 Å². The molecule has 66 valence electrons.